The zero-order chi connectivity index (χ0) is 14.7. The maximum atomic E-state index is 6.63. The number of hydrogen-bond acceptors (Lipinski definition) is 2. The van der Waals surface area contributed by atoms with Crippen LogP contribution >= 0.6 is 0 Å². The zero-order valence-corrected chi connectivity index (χ0v) is 13.4. The molecular weight excluding hydrogens is 246 g/mol. The van der Waals surface area contributed by atoms with Crippen LogP contribution in [-0.4, -0.2) is 12.7 Å². The predicted octanol–water partition coefficient (Wildman–Crippen LogP) is 3.80. The Labute approximate surface area is 123 Å². The third kappa shape index (κ3) is 3.07. The Morgan fingerprint density at radius 1 is 1.15 bits per heavy atom. The minimum absolute atomic E-state index is 0.121. The first-order valence-corrected chi connectivity index (χ1v) is 8.12. The lowest BCUT2D eigenvalue weighted by Crippen LogP contribution is -2.24. The van der Waals surface area contributed by atoms with Crippen molar-refractivity contribution in [1.29, 1.82) is 0 Å². The second kappa shape index (κ2) is 6.73. The molecule has 20 heavy (non-hydrogen) atoms. The average molecular weight is 275 g/mol. The van der Waals surface area contributed by atoms with Crippen LogP contribution in [0.5, 0.6) is 0 Å². The smallest absolute Gasteiger partial charge is 0.0551 e. The van der Waals surface area contributed by atoms with Crippen LogP contribution in [0.15, 0.2) is 12.1 Å². The highest BCUT2D eigenvalue weighted by molar-refractivity contribution is 5.42. The maximum absolute atomic E-state index is 6.63. The Balaban J connectivity index is 2.38. The van der Waals surface area contributed by atoms with E-state index in [9.17, 15) is 0 Å². The molecule has 1 saturated heterocycles. The van der Waals surface area contributed by atoms with Crippen LogP contribution in [-0.2, 0) is 24.0 Å². The summed E-state index contributed by atoms with van der Waals surface area (Å²) in [6.45, 7) is 9.65. The first-order valence-electron chi connectivity index (χ1n) is 8.12. The molecule has 0 saturated carbocycles. The molecule has 1 aliphatic rings. The van der Waals surface area contributed by atoms with Gasteiger partial charge in [0.25, 0.3) is 0 Å². The van der Waals surface area contributed by atoms with Crippen molar-refractivity contribution in [3.8, 4) is 0 Å². The van der Waals surface area contributed by atoms with E-state index >= 15 is 0 Å². The van der Waals surface area contributed by atoms with Crippen molar-refractivity contribution in [2.24, 2.45) is 11.7 Å². The molecule has 2 N–H and O–H groups in total. The van der Waals surface area contributed by atoms with E-state index in [4.69, 9.17) is 10.5 Å². The molecule has 1 fully saturated rings. The molecule has 1 heterocycles. The number of nitrogens with two attached hydrogens (primary N) is 1. The van der Waals surface area contributed by atoms with Gasteiger partial charge in [0, 0.05) is 12.0 Å². The average Bonchev–Trinajstić information content (AvgIpc) is 2.91. The molecule has 2 rings (SSSR count). The van der Waals surface area contributed by atoms with Crippen molar-refractivity contribution < 1.29 is 4.74 Å². The standard InChI is InChI=1S/C18H29NO/c1-5-13-9-14(6-2)17(15(7-3)10-13)18(19)16-8-12(4)20-11-16/h9-10,12,16,18H,5-8,11,19H2,1-4H3. The predicted molar refractivity (Wildman–Crippen MR) is 85.0 cm³/mol. The molecule has 0 amide bonds. The van der Waals surface area contributed by atoms with E-state index in [2.05, 4.69) is 39.8 Å². The molecule has 1 aromatic rings. The highest BCUT2D eigenvalue weighted by Gasteiger charge is 2.30. The Morgan fingerprint density at radius 3 is 2.15 bits per heavy atom. The summed E-state index contributed by atoms with van der Waals surface area (Å²) >= 11 is 0. The van der Waals surface area contributed by atoms with Gasteiger partial charge in [0.05, 0.1) is 12.7 Å². The molecule has 0 spiro atoms. The van der Waals surface area contributed by atoms with E-state index in [1.165, 1.54) is 22.3 Å². The first-order chi connectivity index (χ1) is 9.60. The van der Waals surface area contributed by atoms with E-state index in [-0.39, 0.29) is 6.04 Å². The number of ether oxygens (including phenoxy) is 1. The van der Waals surface area contributed by atoms with Crippen LogP contribution in [0.2, 0.25) is 0 Å². The minimum Gasteiger partial charge on any atom is -0.378 e. The lowest BCUT2D eigenvalue weighted by molar-refractivity contribution is 0.118. The molecular formula is C18H29NO. The first kappa shape index (κ1) is 15.5. The van der Waals surface area contributed by atoms with Crippen molar-refractivity contribution in [1.82, 2.24) is 0 Å². The van der Waals surface area contributed by atoms with Gasteiger partial charge in [0.1, 0.15) is 0 Å². The Hall–Kier alpha value is -0.860. The molecule has 0 bridgehead atoms. The Morgan fingerprint density at radius 2 is 1.75 bits per heavy atom. The third-order valence-electron chi connectivity index (χ3n) is 4.65. The highest BCUT2D eigenvalue weighted by atomic mass is 16.5. The fourth-order valence-electron chi connectivity index (χ4n) is 3.40. The van der Waals surface area contributed by atoms with E-state index < -0.39 is 0 Å². The summed E-state index contributed by atoms with van der Waals surface area (Å²) in [6, 6.07) is 4.83. The molecule has 1 aliphatic heterocycles. The van der Waals surface area contributed by atoms with E-state index in [0.29, 0.717) is 12.0 Å². The van der Waals surface area contributed by atoms with Crippen LogP contribution in [0.3, 0.4) is 0 Å². The summed E-state index contributed by atoms with van der Waals surface area (Å²) in [7, 11) is 0. The monoisotopic (exact) mass is 275 g/mol. The zero-order valence-electron chi connectivity index (χ0n) is 13.4. The normalized spacial score (nSPS) is 24.1. The number of hydrogen-bond donors (Lipinski definition) is 1. The van der Waals surface area contributed by atoms with E-state index in [1.807, 2.05) is 0 Å². The second-order valence-electron chi connectivity index (χ2n) is 6.05. The minimum atomic E-state index is 0.121. The highest BCUT2D eigenvalue weighted by Crippen LogP contribution is 2.34. The quantitative estimate of drug-likeness (QED) is 0.887. The van der Waals surface area contributed by atoms with Crippen LogP contribution in [0.1, 0.15) is 62.4 Å². The van der Waals surface area contributed by atoms with Crippen molar-refractivity contribution in [2.45, 2.75) is 65.5 Å². The van der Waals surface area contributed by atoms with Crippen LogP contribution in [0.25, 0.3) is 0 Å². The molecule has 112 valence electrons. The van der Waals surface area contributed by atoms with Gasteiger partial charge in [-0.3, -0.25) is 0 Å². The summed E-state index contributed by atoms with van der Waals surface area (Å²) in [5.41, 5.74) is 12.3. The van der Waals surface area contributed by atoms with Gasteiger partial charge in [-0.15, -0.1) is 0 Å². The van der Waals surface area contributed by atoms with Gasteiger partial charge in [-0.05, 0) is 54.9 Å². The van der Waals surface area contributed by atoms with Crippen LogP contribution in [0, 0.1) is 5.92 Å². The Kier molecular flexibility index (Phi) is 5.22. The molecule has 2 heteroatoms. The largest absolute Gasteiger partial charge is 0.378 e. The van der Waals surface area contributed by atoms with Crippen molar-refractivity contribution >= 4 is 0 Å². The fraction of sp³-hybridized carbons (Fsp3) is 0.667. The van der Waals surface area contributed by atoms with Crippen molar-refractivity contribution in [2.75, 3.05) is 6.61 Å². The summed E-state index contributed by atoms with van der Waals surface area (Å²) in [4.78, 5) is 0. The lowest BCUT2D eigenvalue weighted by atomic mass is 9.83. The molecule has 0 aliphatic carbocycles. The van der Waals surface area contributed by atoms with Gasteiger partial charge in [-0.2, -0.15) is 0 Å². The summed E-state index contributed by atoms with van der Waals surface area (Å²) in [5.74, 6) is 0.466. The molecule has 0 radical (unpaired) electrons. The van der Waals surface area contributed by atoms with Gasteiger partial charge in [-0.25, -0.2) is 0 Å². The summed E-state index contributed by atoms with van der Waals surface area (Å²) in [6.07, 6.45) is 4.67. The number of aryl methyl sites for hydroxylation is 3. The van der Waals surface area contributed by atoms with Crippen molar-refractivity contribution in [3.63, 3.8) is 0 Å². The van der Waals surface area contributed by atoms with Gasteiger partial charge in [0.2, 0.25) is 0 Å². The lowest BCUT2D eigenvalue weighted by Gasteiger charge is -2.25. The second-order valence-corrected chi connectivity index (χ2v) is 6.05. The van der Waals surface area contributed by atoms with E-state index in [1.54, 1.807) is 0 Å². The summed E-state index contributed by atoms with van der Waals surface area (Å²) < 4.78 is 5.72. The SMILES string of the molecule is CCc1cc(CC)c(C(N)C2COC(C)C2)c(CC)c1. The van der Waals surface area contributed by atoms with Gasteiger partial charge < -0.3 is 10.5 Å². The molecule has 0 aromatic heterocycles. The molecule has 3 unspecified atom stereocenters. The molecule has 2 nitrogen and oxygen atoms in total. The van der Waals surface area contributed by atoms with Gasteiger partial charge in [0.15, 0.2) is 0 Å². The molecule has 3 atom stereocenters. The van der Waals surface area contributed by atoms with Crippen LogP contribution in [0.4, 0.5) is 0 Å². The topological polar surface area (TPSA) is 35.2 Å². The summed E-state index contributed by atoms with van der Waals surface area (Å²) in [5, 5.41) is 0. The van der Waals surface area contributed by atoms with Gasteiger partial charge >= 0.3 is 0 Å². The fourth-order valence-corrected chi connectivity index (χ4v) is 3.40. The Bertz CT molecular complexity index is 430. The van der Waals surface area contributed by atoms with Crippen molar-refractivity contribution in [3.05, 3.63) is 34.4 Å². The number of rotatable bonds is 5. The van der Waals surface area contributed by atoms with Crippen LogP contribution < -0.4 is 5.73 Å². The van der Waals surface area contributed by atoms with Gasteiger partial charge in [-0.1, -0.05) is 32.9 Å². The number of benzene rings is 1. The molecule has 1 aromatic carbocycles. The maximum Gasteiger partial charge on any atom is 0.0551 e. The van der Waals surface area contributed by atoms with E-state index in [0.717, 1.165) is 32.3 Å². The third-order valence-corrected chi connectivity index (χ3v) is 4.65.